The topological polar surface area (TPSA) is 81.9 Å². The average molecular weight is 378 g/mol. The van der Waals surface area contributed by atoms with Gasteiger partial charge < -0.3 is 10.1 Å². The van der Waals surface area contributed by atoms with E-state index in [1.807, 2.05) is 0 Å². The van der Waals surface area contributed by atoms with Gasteiger partial charge in [0.25, 0.3) is 0 Å². The lowest BCUT2D eigenvalue weighted by Gasteiger charge is -2.09. The summed E-state index contributed by atoms with van der Waals surface area (Å²) < 4.78 is 6.49. The highest BCUT2D eigenvalue weighted by Crippen LogP contribution is 2.27. The molecule has 25 heavy (non-hydrogen) atoms. The molecule has 1 aromatic heterocycles. The third kappa shape index (κ3) is 4.07. The largest absolute Gasteiger partial charge is 0.495 e. The van der Waals surface area contributed by atoms with Gasteiger partial charge in [0.05, 0.1) is 12.1 Å². The van der Waals surface area contributed by atoms with E-state index in [0.717, 1.165) is 5.56 Å². The van der Waals surface area contributed by atoms with Crippen LogP contribution >= 0.6 is 23.2 Å². The number of ether oxygens (including phenoxy) is 1. The quantitative estimate of drug-likeness (QED) is 0.737. The lowest BCUT2D eigenvalue weighted by Crippen LogP contribution is -2.20. The molecule has 1 N–H and O–H groups in total. The number of rotatable bonds is 5. The summed E-state index contributed by atoms with van der Waals surface area (Å²) in [5.74, 6) is 0.716. The van der Waals surface area contributed by atoms with Crippen molar-refractivity contribution >= 4 is 34.8 Å². The van der Waals surface area contributed by atoms with Crippen molar-refractivity contribution in [3.05, 3.63) is 52.5 Å². The molecule has 9 heteroatoms. The van der Waals surface area contributed by atoms with Crippen molar-refractivity contribution in [2.24, 2.45) is 0 Å². The van der Waals surface area contributed by atoms with Gasteiger partial charge in [-0.3, -0.25) is 4.79 Å². The van der Waals surface area contributed by atoms with Crippen LogP contribution in [0.1, 0.15) is 0 Å². The molecule has 0 spiro atoms. The van der Waals surface area contributed by atoms with Crippen LogP contribution in [0.25, 0.3) is 11.4 Å². The number of aromatic nitrogens is 4. The van der Waals surface area contributed by atoms with E-state index in [2.05, 4.69) is 20.8 Å². The molecule has 128 valence electrons. The molecule has 0 aliphatic rings. The van der Waals surface area contributed by atoms with E-state index >= 15 is 0 Å². The maximum atomic E-state index is 12.3. The molecule has 2 aromatic carbocycles. The summed E-state index contributed by atoms with van der Waals surface area (Å²) in [4.78, 5) is 12.3. The molecule has 0 aliphatic carbocycles. The number of tetrazole rings is 1. The van der Waals surface area contributed by atoms with Crippen molar-refractivity contribution in [3.63, 3.8) is 0 Å². The molecule has 1 heterocycles. The number of amides is 1. The third-order valence-electron chi connectivity index (χ3n) is 3.36. The fourth-order valence-electron chi connectivity index (χ4n) is 2.20. The molecular formula is C16H13Cl2N5O2. The number of nitrogens with one attached hydrogen (secondary N) is 1. The Morgan fingerprint density at radius 1 is 1.20 bits per heavy atom. The van der Waals surface area contributed by atoms with Crippen LogP contribution in [-0.2, 0) is 11.3 Å². The number of anilines is 1. The monoisotopic (exact) mass is 377 g/mol. The summed E-state index contributed by atoms with van der Waals surface area (Å²) >= 11 is 11.9. The first kappa shape index (κ1) is 17.2. The highest BCUT2D eigenvalue weighted by molar-refractivity contribution is 6.32. The minimum absolute atomic E-state index is 0.0470. The first-order chi connectivity index (χ1) is 12.1. The fraction of sp³-hybridized carbons (Fsp3) is 0.125. The van der Waals surface area contributed by atoms with E-state index in [1.165, 1.54) is 11.8 Å². The number of hydrogen-bond acceptors (Lipinski definition) is 5. The van der Waals surface area contributed by atoms with Gasteiger partial charge in [-0.15, -0.1) is 5.10 Å². The summed E-state index contributed by atoms with van der Waals surface area (Å²) in [6.07, 6.45) is 0. The highest BCUT2D eigenvalue weighted by Gasteiger charge is 2.13. The molecule has 0 aliphatic heterocycles. The van der Waals surface area contributed by atoms with Crippen molar-refractivity contribution in [1.82, 2.24) is 20.2 Å². The van der Waals surface area contributed by atoms with Gasteiger partial charge in [0, 0.05) is 16.3 Å². The van der Waals surface area contributed by atoms with E-state index in [4.69, 9.17) is 27.9 Å². The Hall–Kier alpha value is -2.64. The van der Waals surface area contributed by atoms with Crippen molar-refractivity contribution in [2.45, 2.75) is 6.54 Å². The van der Waals surface area contributed by atoms with Gasteiger partial charge in [-0.2, -0.15) is 0 Å². The standard InChI is InChI=1S/C16H13Cl2N5O2/c1-25-14-7-6-12(8-13(14)18)19-15(24)9-23-16(20-21-22-23)10-2-4-11(17)5-3-10/h2-8H,9H2,1H3,(H,19,24). The van der Waals surface area contributed by atoms with Gasteiger partial charge in [-0.25, -0.2) is 4.68 Å². The number of nitrogens with zero attached hydrogens (tertiary/aromatic N) is 4. The van der Waals surface area contributed by atoms with Crippen LogP contribution in [-0.4, -0.2) is 33.2 Å². The van der Waals surface area contributed by atoms with Gasteiger partial charge in [-0.05, 0) is 52.9 Å². The van der Waals surface area contributed by atoms with Crippen LogP contribution in [0.4, 0.5) is 5.69 Å². The van der Waals surface area contributed by atoms with E-state index in [9.17, 15) is 4.79 Å². The Morgan fingerprint density at radius 3 is 2.64 bits per heavy atom. The third-order valence-corrected chi connectivity index (χ3v) is 3.91. The molecule has 1 amide bonds. The molecular weight excluding hydrogens is 365 g/mol. The minimum atomic E-state index is -0.288. The molecule has 0 saturated heterocycles. The predicted molar refractivity (Wildman–Crippen MR) is 94.9 cm³/mol. The number of carbonyl (C=O) groups is 1. The molecule has 0 fully saturated rings. The normalized spacial score (nSPS) is 10.5. The average Bonchev–Trinajstić information content (AvgIpc) is 3.03. The van der Waals surface area contributed by atoms with Gasteiger partial charge in [0.15, 0.2) is 5.82 Å². The van der Waals surface area contributed by atoms with Crippen molar-refractivity contribution in [1.29, 1.82) is 0 Å². The molecule has 0 radical (unpaired) electrons. The van der Waals surface area contributed by atoms with Crippen LogP contribution < -0.4 is 10.1 Å². The van der Waals surface area contributed by atoms with E-state index < -0.39 is 0 Å². The first-order valence-electron chi connectivity index (χ1n) is 7.22. The van der Waals surface area contributed by atoms with Crippen LogP contribution in [0.2, 0.25) is 10.0 Å². The zero-order valence-corrected chi connectivity index (χ0v) is 14.6. The summed E-state index contributed by atoms with van der Waals surface area (Å²) in [5.41, 5.74) is 1.31. The van der Waals surface area contributed by atoms with Gasteiger partial charge in [-0.1, -0.05) is 23.2 Å². The van der Waals surface area contributed by atoms with Crippen LogP contribution in [0.3, 0.4) is 0 Å². The minimum Gasteiger partial charge on any atom is -0.495 e. The lowest BCUT2D eigenvalue weighted by molar-refractivity contribution is -0.116. The Balaban J connectivity index is 1.73. The van der Waals surface area contributed by atoms with E-state index in [-0.39, 0.29) is 12.5 Å². The summed E-state index contributed by atoms with van der Waals surface area (Å²) in [5, 5.41) is 15.2. The van der Waals surface area contributed by atoms with Crippen molar-refractivity contribution in [3.8, 4) is 17.1 Å². The second-order valence-electron chi connectivity index (χ2n) is 5.06. The maximum absolute atomic E-state index is 12.3. The summed E-state index contributed by atoms with van der Waals surface area (Å²) in [6, 6.07) is 12.0. The van der Waals surface area contributed by atoms with Crippen LogP contribution in [0, 0.1) is 0 Å². The zero-order chi connectivity index (χ0) is 17.8. The molecule has 0 unspecified atom stereocenters. The number of hydrogen-bond donors (Lipinski definition) is 1. The molecule has 7 nitrogen and oxygen atoms in total. The Kier molecular flexibility index (Phi) is 5.16. The second-order valence-corrected chi connectivity index (χ2v) is 5.91. The first-order valence-corrected chi connectivity index (χ1v) is 7.98. The fourth-order valence-corrected chi connectivity index (χ4v) is 2.58. The maximum Gasteiger partial charge on any atom is 0.246 e. The summed E-state index contributed by atoms with van der Waals surface area (Å²) in [7, 11) is 1.52. The summed E-state index contributed by atoms with van der Waals surface area (Å²) in [6.45, 7) is -0.0470. The predicted octanol–water partition coefficient (Wildman–Crippen LogP) is 3.29. The number of benzene rings is 2. The van der Waals surface area contributed by atoms with Crippen LogP contribution in [0.5, 0.6) is 5.75 Å². The lowest BCUT2D eigenvalue weighted by atomic mass is 10.2. The molecule has 0 saturated carbocycles. The zero-order valence-electron chi connectivity index (χ0n) is 13.1. The number of halogens is 2. The van der Waals surface area contributed by atoms with E-state index in [0.29, 0.717) is 27.3 Å². The van der Waals surface area contributed by atoms with E-state index in [1.54, 1.807) is 42.5 Å². The Bertz CT molecular complexity index is 896. The van der Waals surface area contributed by atoms with Crippen molar-refractivity contribution in [2.75, 3.05) is 12.4 Å². The van der Waals surface area contributed by atoms with Gasteiger partial charge in [0.2, 0.25) is 5.91 Å². The van der Waals surface area contributed by atoms with Crippen LogP contribution in [0.15, 0.2) is 42.5 Å². The molecule has 0 atom stereocenters. The van der Waals surface area contributed by atoms with Crippen molar-refractivity contribution < 1.29 is 9.53 Å². The second kappa shape index (κ2) is 7.50. The number of methoxy groups -OCH3 is 1. The highest BCUT2D eigenvalue weighted by atomic mass is 35.5. The smallest absolute Gasteiger partial charge is 0.246 e. The molecule has 3 rings (SSSR count). The Labute approximate surface area is 153 Å². The number of carbonyl (C=O) groups excluding carboxylic acids is 1. The SMILES string of the molecule is COc1ccc(NC(=O)Cn2nnnc2-c2ccc(Cl)cc2)cc1Cl. The van der Waals surface area contributed by atoms with Gasteiger partial charge in [0.1, 0.15) is 12.3 Å². The Morgan fingerprint density at radius 2 is 1.96 bits per heavy atom. The molecule has 0 bridgehead atoms. The molecule has 3 aromatic rings. The van der Waals surface area contributed by atoms with Gasteiger partial charge >= 0.3 is 0 Å².